The van der Waals surface area contributed by atoms with Gasteiger partial charge >= 0.3 is 0 Å². The first-order chi connectivity index (χ1) is 15.0. The molecular formula is C23H25N5O3. The zero-order chi connectivity index (χ0) is 21.8. The Hall–Kier alpha value is -3.52. The Labute approximate surface area is 180 Å². The van der Waals surface area contributed by atoms with Gasteiger partial charge in [0.15, 0.2) is 11.8 Å². The zero-order valence-corrected chi connectivity index (χ0v) is 17.6. The fourth-order valence-corrected chi connectivity index (χ4v) is 3.55. The molecule has 1 N–H and O–H groups in total. The summed E-state index contributed by atoms with van der Waals surface area (Å²) in [7, 11) is 0. The maximum atomic E-state index is 13.0. The second kappa shape index (κ2) is 9.09. The Morgan fingerprint density at radius 2 is 1.97 bits per heavy atom. The third-order valence-corrected chi connectivity index (χ3v) is 5.30. The molecule has 0 radical (unpaired) electrons. The minimum atomic E-state index is -0.723. The molecule has 1 atom stereocenters. The zero-order valence-electron chi connectivity index (χ0n) is 17.6. The largest absolute Gasteiger partial charge is 0.365 e. The molecule has 3 heterocycles. The molecule has 1 saturated heterocycles. The maximum Gasteiger partial charge on any atom is 0.274 e. The molecule has 4 rings (SSSR count). The second-order valence-corrected chi connectivity index (χ2v) is 7.51. The van der Waals surface area contributed by atoms with Crippen molar-refractivity contribution >= 4 is 11.8 Å². The molecular weight excluding hydrogens is 394 g/mol. The number of benzene rings is 1. The first-order valence-corrected chi connectivity index (χ1v) is 10.2. The van der Waals surface area contributed by atoms with E-state index in [1.54, 1.807) is 21.8 Å². The Balaban J connectivity index is 1.41. The van der Waals surface area contributed by atoms with E-state index < -0.39 is 6.10 Å². The SMILES string of the molecule is Cc1cccnc1CNC(=O)C1CN(C(=O)c2cc(C)n(-c3ccccc3)n2)CCO1. The molecule has 2 aromatic heterocycles. The van der Waals surface area contributed by atoms with Crippen LogP contribution in [0.25, 0.3) is 5.69 Å². The monoisotopic (exact) mass is 419 g/mol. The number of pyridine rings is 1. The van der Waals surface area contributed by atoms with Crippen molar-refractivity contribution in [3.05, 3.63) is 77.4 Å². The van der Waals surface area contributed by atoms with E-state index in [0.29, 0.717) is 25.4 Å². The summed E-state index contributed by atoms with van der Waals surface area (Å²) in [5, 5.41) is 7.35. The number of para-hydroxylation sites is 1. The van der Waals surface area contributed by atoms with Crippen LogP contribution in [-0.4, -0.2) is 57.3 Å². The highest BCUT2D eigenvalue weighted by Crippen LogP contribution is 2.15. The molecule has 1 unspecified atom stereocenters. The normalized spacial score (nSPS) is 16.2. The summed E-state index contributed by atoms with van der Waals surface area (Å²) in [4.78, 5) is 31.6. The van der Waals surface area contributed by atoms with E-state index in [0.717, 1.165) is 22.6 Å². The fraction of sp³-hybridized carbons (Fsp3) is 0.304. The number of hydrogen-bond donors (Lipinski definition) is 1. The number of morpholine rings is 1. The van der Waals surface area contributed by atoms with Gasteiger partial charge in [-0.25, -0.2) is 4.68 Å². The number of ether oxygens (including phenoxy) is 1. The van der Waals surface area contributed by atoms with Crippen molar-refractivity contribution in [3.8, 4) is 5.69 Å². The van der Waals surface area contributed by atoms with Gasteiger partial charge in [0.2, 0.25) is 0 Å². The molecule has 31 heavy (non-hydrogen) atoms. The number of carbonyl (C=O) groups is 2. The van der Waals surface area contributed by atoms with Crippen LogP contribution in [0, 0.1) is 13.8 Å². The lowest BCUT2D eigenvalue weighted by Gasteiger charge is -2.31. The predicted octanol–water partition coefficient (Wildman–Crippen LogP) is 2.04. The van der Waals surface area contributed by atoms with E-state index in [4.69, 9.17) is 4.74 Å². The topological polar surface area (TPSA) is 89.4 Å². The molecule has 0 spiro atoms. The minimum Gasteiger partial charge on any atom is -0.365 e. The van der Waals surface area contributed by atoms with E-state index in [-0.39, 0.29) is 18.4 Å². The van der Waals surface area contributed by atoms with Gasteiger partial charge in [-0.05, 0) is 43.7 Å². The van der Waals surface area contributed by atoms with Gasteiger partial charge in [0, 0.05) is 18.4 Å². The number of hydrogen-bond acceptors (Lipinski definition) is 5. The first kappa shape index (κ1) is 20.7. The van der Waals surface area contributed by atoms with Crippen molar-refractivity contribution in [2.75, 3.05) is 19.7 Å². The maximum absolute atomic E-state index is 13.0. The Bertz CT molecular complexity index is 1080. The third kappa shape index (κ3) is 4.64. The number of carbonyl (C=O) groups excluding carboxylic acids is 2. The average Bonchev–Trinajstić information content (AvgIpc) is 3.20. The predicted molar refractivity (Wildman–Crippen MR) is 115 cm³/mol. The lowest BCUT2D eigenvalue weighted by atomic mass is 10.2. The van der Waals surface area contributed by atoms with Crippen LogP contribution in [0.1, 0.15) is 27.4 Å². The smallest absolute Gasteiger partial charge is 0.274 e. The number of nitrogens with zero attached hydrogens (tertiary/aromatic N) is 4. The van der Waals surface area contributed by atoms with Crippen LogP contribution >= 0.6 is 0 Å². The molecule has 8 nitrogen and oxygen atoms in total. The third-order valence-electron chi connectivity index (χ3n) is 5.30. The number of aromatic nitrogens is 3. The Morgan fingerprint density at radius 3 is 2.74 bits per heavy atom. The molecule has 0 saturated carbocycles. The van der Waals surface area contributed by atoms with Crippen molar-refractivity contribution in [1.82, 2.24) is 25.0 Å². The summed E-state index contributed by atoms with van der Waals surface area (Å²) in [6.07, 6.45) is 0.974. The molecule has 8 heteroatoms. The molecule has 1 aliphatic rings. The second-order valence-electron chi connectivity index (χ2n) is 7.51. The number of rotatable bonds is 5. The van der Waals surface area contributed by atoms with Gasteiger partial charge in [0.1, 0.15) is 0 Å². The summed E-state index contributed by atoms with van der Waals surface area (Å²) in [6.45, 7) is 5.07. The van der Waals surface area contributed by atoms with Crippen molar-refractivity contribution < 1.29 is 14.3 Å². The van der Waals surface area contributed by atoms with Crippen molar-refractivity contribution in [2.24, 2.45) is 0 Å². The van der Waals surface area contributed by atoms with Crippen LogP contribution in [0.3, 0.4) is 0 Å². The van der Waals surface area contributed by atoms with Crippen LogP contribution < -0.4 is 5.32 Å². The quantitative estimate of drug-likeness (QED) is 0.684. The van der Waals surface area contributed by atoms with Crippen molar-refractivity contribution in [1.29, 1.82) is 0 Å². The van der Waals surface area contributed by atoms with E-state index in [1.807, 2.05) is 56.3 Å². The number of amides is 2. The van der Waals surface area contributed by atoms with Crippen molar-refractivity contribution in [2.45, 2.75) is 26.5 Å². The van der Waals surface area contributed by atoms with Gasteiger partial charge in [-0.2, -0.15) is 5.10 Å². The summed E-state index contributed by atoms with van der Waals surface area (Å²) in [6, 6.07) is 15.2. The number of aryl methyl sites for hydroxylation is 2. The highest BCUT2D eigenvalue weighted by molar-refractivity contribution is 5.93. The van der Waals surface area contributed by atoms with Gasteiger partial charge in [-0.15, -0.1) is 0 Å². The van der Waals surface area contributed by atoms with Crippen LogP contribution in [0.4, 0.5) is 0 Å². The summed E-state index contributed by atoms with van der Waals surface area (Å²) in [5.41, 5.74) is 3.92. The standard InChI is InChI=1S/C23H25N5O3/c1-16-7-6-10-24-20(16)14-25-22(29)21-15-27(11-12-31-21)23(30)19-13-17(2)28(26-19)18-8-4-3-5-9-18/h3-10,13,21H,11-12,14-15H2,1-2H3,(H,25,29). The molecule has 160 valence electrons. The Morgan fingerprint density at radius 1 is 1.16 bits per heavy atom. The minimum absolute atomic E-state index is 0.184. The van der Waals surface area contributed by atoms with E-state index >= 15 is 0 Å². The molecule has 0 aliphatic carbocycles. The molecule has 0 bridgehead atoms. The molecule has 1 aliphatic heterocycles. The molecule has 2 amide bonds. The van der Waals surface area contributed by atoms with Gasteiger partial charge < -0.3 is 15.0 Å². The van der Waals surface area contributed by atoms with Gasteiger partial charge in [0.05, 0.1) is 31.1 Å². The highest BCUT2D eigenvalue weighted by atomic mass is 16.5. The lowest BCUT2D eigenvalue weighted by Crippen LogP contribution is -2.51. The van der Waals surface area contributed by atoms with Crippen LogP contribution in [-0.2, 0) is 16.1 Å². The molecule has 1 aromatic carbocycles. The van der Waals surface area contributed by atoms with Gasteiger partial charge in [-0.3, -0.25) is 14.6 Å². The van der Waals surface area contributed by atoms with E-state index in [9.17, 15) is 9.59 Å². The van der Waals surface area contributed by atoms with E-state index in [1.165, 1.54) is 0 Å². The summed E-state index contributed by atoms with van der Waals surface area (Å²) < 4.78 is 7.36. The average molecular weight is 419 g/mol. The lowest BCUT2D eigenvalue weighted by molar-refractivity contribution is -0.137. The van der Waals surface area contributed by atoms with Gasteiger partial charge in [-0.1, -0.05) is 24.3 Å². The van der Waals surface area contributed by atoms with Crippen LogP contribution in [0.2, 0.25) is 0 Å². The first-order valence-electron chi connectivity index (χ1n) is 10.2. The summed E-state index contributed by atoms with van der Waals surface area (Å²) in [5.74, 6) is -0.465. The summed E-state index contributed by atoms with van der Waals surface area (Å²) >= 11 is 0. The van der Waals surface area contributed by atoms with E-state index in [2.05, 4.69) is 15.4 Å². The van der Waals surface area contributed by atoms with Crippen molar-refractivity contribution in [3.63, 3.8) is 0 Å². The van der Waals surface area contributed by atoms with Gasteiger partial charge in [0.25, 0.3) is 11.8 Å². The highest BCUT2D eigenvalue weighted by Gasteiger charge is 2.31. The fourth-order valence-electron chi connectivity index (χ4n) is 3.55. The number of nitrogens with one attached hydrogen (secondary N) is 1. The Kier molecular flexibility index (Phi) is 6.08. The van der Waals surface area contributed by atoms with Crippen LogP contribution in [0.5, 0.6) is 0 Å². The van der Waals surface area contributed by atoms with Crippen LogP contribution in [0.15, 0.2) is 54.7 Å². The molecule has 3 aromatic rings. The molecule has 1 fully saturated rings.